The Bertz CT molecular complexity index is 1020. The van der Waals surface area contributed by atoms with Crippen molar-refractivity contribution in [3.05, 3.63) is 59.2 Å². The predicted molar refractivity (Wildman–Crippen MR) is 145 cm³/mol. The molecule has 2 aromatic rings. The van der Waals surface area contributed by atoms with Gasteiger partial charge in [0, 0.05) is 6.54 Å². The maximum absolute atomic E-state index is 12.0. The molecule has 0 aliphatic carbocycles. The maximum atomic E-state index is 12.0. The monoisotopic (exact) mass is 495 g/mol. The molecule has 196 valence electrons. The van der Waals surface area contributed by atoms with Crippen LogP contribution in [0.5, 0.6) is 5.75 Å². The van der Waals surface area contributed by atoms with Crippen molar-refractivity contribution in [3.63, 3.8) is 0 Å². The molecular weight excluding hydrogens is 453 g/mol. The van der Waals surface area contributed by atoms with Crippen molar-refractivity contribution in [3.8, 4) is 5.75 Å². The van der Waals surface area contributed by atoms with Crippen LogP contribution in [0.15, 0.2) is 42.5 Å². The molecule has 2 aromatic carbocycles. The zero-order valence-electron chi connectivity index (χ0n) is 23.4. The van der Waals surface area contributed by atoms with E-state index in [1.165, 1.54) is 11.1 Å². The van der Waals surface area contributed by atoms with E-state index in [1.54, 1.807) is 0 Å². The molecule has 1 fully saturated rings. The highest BCUT2D eigenvalue weighted by Gasteiger charge is 2.51. The topological polar surface area (TPSA) is 66.0 Å². The molecule has 0 saturated carbocycles. The third kappa shape index (κ3) is 7.26. The number of alkyl carbamates (subject to hydrolysis) is 1. The van der Waals surface area contributed by atoms with Crippen molar-refractivity contribution in [2.24, 2.45) is 0 Å². The van der Waals surface area contributed by atoms with Crippen LogP contribution >= 0.6 is 0 Å². The zero-order valence-corrected chi connectivity index (χ0v) is 23.4. The fraction of sp³-hybridized carbons (Fsp3) is 0.552. The highest BCUT2D eigenvalue weighted by molar-refractivity contribution is 6.62. The lowest BCUT2D eigenvalue weighted by Crippen LogP contribution is -2.41. The molecular formula is C29H42BNO5. The van der Waals surface area contributed by atoms with Crippen molar-refractivity contribution in [2.45, 2.75) is 98.1 Å². The molecule has 0 radical (unpaired) electrons. The molecule has 3 rings (SSSR count). The summed E-state index contributed by atoms with van der Waals surface area (Å²) in [7, 11) is -0.385. The summed E-state index contributed by atoms with van der Waals surface area (Å²) in [5.41, 5.74) is 3.30. The van der Waals surface area contributed by atoms with Crippen molar-refractivity contribution in [1.29, 1.82) is 0 Å². The van der Waals surface area contributed by atoms with Gasteiger partial charge in [-0.05, 0) is 95.1 Å². The van der Waals surface area contributed by atoms with Gasteiger partial charge in [-0.15, -0.1) is 0 Å². The SMILES string of the molecule is CC(C)c1ccc(COc2ccc(B3OC(C)(C)C(C)(C)O3)cc2)cc1CCNC(=O)OC(C)(C)C. The van der Waals surface area contributed by atoms with Crippen LogP contribution in [-0.4, -0.2) is 36.6 Å². The second-order valence-corrected chi connectivity index (χ2v) is 11.8. The standard InChI is InChI=1S/C29H42BNO5/c1-20(2)25-15-10-21(18-22(25)16-17-31-26(32)34-27(3,4)5)19-33-24-13-11-23(12-14-24)30-35-28(6,7)29(8,9)36-30/h10-15,18,20H,16-17,19H2,1-9H3,(H,31,32). The summed E-state index contributed by atoms with van der Waals surface area (Å²) in [5.74, 6) is 1.18. The summed E-state index contributed by atoms with van der Waals surface area (Å²) in [4.78, 5) is 12.0. The molecule has 0 unspecified atom stereocenters. The Hall–Kier alpha value is -2.51. The average Bonchev–Trinajstić information content (AvgIpc) is 2.98. The van der Waals surface area contributed by atoms with Crippen LogP contribution < -0.4 is 15.5 Å². The first-order valence-electron chi connectivity index (χ1n) is 12.8. The molecule has 1 saturated heterocycles. The molecule has 0 spiro atoms. The Morgan fingerprint density at radius 2 is 1.61 bits per heavy atom. The molecule has 36 heavy (non-hydrogen) atoms. The second kappa shape index (κ2) is 10.9. The molecule has 1 aliphatic rings. The number of nitrogens with one attached hydrogen (secondary N) is 1. The van der Waals surface area contributed by atoms with Gasteiger partial charge in [0.25, 0.3) is 0 Å². The normalized spacial score (nSPS) is 16.8. The Labute approximate surface area is 217 Å². The molecule has 0 aromatic heterocycles. The molecule has 1 aliphatic heterocycles. The summed E-state index contributed by atoms with van der Waals surface area (Å²) in [6.45, 7) is 19.1. The first-order chi connectivity index (χ1) is 16.7. The molecule has 1 heterocycles. The molecule has 1 N–H and O–H groups in total. The molecule has 0 atom stereocenters. The summed E-state index contributed by atoms with van der Waals surface area (Å²) >= 11 is 0. The number of hydrogen-bond acceptors (Lipinski definition) is 5. The number of carbonyl (C=O) groups is 1. The summed E-state index contributed by atoms with van der Waals surface area (Å²) in [6, 6.07) is 14.3. The number of benzene rings is 2. The van der Waals surface area contributed by atoms with Crippen LogP contribution in [0.3, 0.4) is 0 Å². The minimum Gasteiger partial charge on any atom is -0.489 e. The van der Waals surface area contributed by atoms with Gasteiger partial charge in [-0.3, -0.25) is 0 Å². The lowest BCUT2D eigenvalue weighted by atomic mass is 9.79. The minimum absolute atomic E-state index is 0.366. The molecule has 1 amide bonds. The van der Waals surface area contributed by atoms with Gasteiger partial charge in [0.1, 0.15) is 18.0 Å². The largest absolute Gasteiger partial charge is 0.494 e. The van der Waals surface area contributed by atoms with Crippen LogP contribution in [-0.2, 0) is 27.1 Å². The summed E-state index contributed by atoms with van der Waals surface area (Å²) in [5, 5.41) is 2.86. The lowest BCUT2D eigenvalue weighted by Gasteiger charge is -2.32. The zero-order chi connectivity index (χ0) is 26.7. The van der Waals surface area contributed by atoms with Crippen LogP contribution in [0.4, 0.5) is 4.79 Å². The van der Waals surface area contributed by atoms with Crippen molar-refractivity contribution >= 4 is 18.7 Å². The summed E-state index contributed by atoms with van der Waals surface area (Å²) in [6.07, 6.45) is 0.334. The minimum atomic E-state index is -0.507. The van der Waals surface area contributed by atoms with Gasteiger partial charge in [0.15, 0.2) is 0 Å². The number of ether oxygens (including phenoxy) is 2. The van der Waals surface area contributed by atoms with E-state index in [-0.39, 0.29) is 18.3 Å². The fourth-order valence-electron chi connectivity index (χ4n) is 4.01. The predicted octanol–water partition coefficient (Wildman–Crippen LogP) is 5.76. The van der Waals surface area contributed by atoms with Crippen LogP contribution in [0.25, 0.3) is 0 Å². The van der Waals surface area contributed by atoms with E-state index in [9.17, 15) is 4.79 Å². The second-order valence-electron chi connectivity index (χ2n) is 11.8. The van der Waals surface area contributed by atoms with Gasteiger partial charge in [-0.1, -0.05) is 44.2 Å². The number of hydrogen-bond donors (Lipinski definition) is 1. The average molecular weight is 495 g/mol. The van der Waals surface area contributed by atoms with Crippen molar-refractivity contribution < 1.29 is 23.6 Å². The van der Waals surface area contributed by atoms with Gasteiger partial charge in [0.2, 0.25) is 0 Å². The Morgan fingerprint density at radius 3 is 2.17 bits per heavy atom. The van der Waals surface area contributed by atoms with Crippen LogP contribution in [0.2, 0.25) is 0 Å². The Morgan fingerprint density at radius 1 is 1.00 bits per heavy atom. The van der Waals surface area contributed by atoms with E-state index in [1.807, 2.05) is 45.0 Å². The Kier molecular flexibility index (Phi) is 8.46. The fourth-order valence-corrected chi connectivity index (χ4v) is 4.01. The first kappa shape index (κ1) is 28.1. The molecule has 0 bridgehead atoms. The first-order valence-corrected chi connectivity index (χ1v) is 12.8. The van der Waals surface area contributed by atoms with Crippen molar-refractivity contribution in [1.82, 2.24) is 5.32 Å². The highest BCUT2D eigenvalue weighted by atomic mass is 16.7. The van der Waals surface area contributed by atoms with Gasteiger partial charge in [0.05, 0.1) is 11.2 Å². The quantitative estimate of drug-likeness (QED) is 0.472. The van der Waals surface area contributed by atoms with Gasteiger partial charge in [-0.25, -0.2) is 4.79 Å². The van der Waals surface area contributed by atoms with E-state index in [2.05, 4.69) is 65.1 Å². The van der Waals surface area contributed by atoms with E-state index in [0.29, 0.717) is 19.1 Å². The van der Waals surface area contributed by atoms with Gasteiger partial charge >= 0.3 is 13.2 Å². The van der Waals surface area contributed by atoms with E-state index in [4.69, 9.17) is 18.8 Å². The molecule has 7 heteroatoms. The number of carbonyl (C=O) groups excluding carboxylic acids is 1. The smallest absolute Gasteiger partial charge is 0.489 e. The highest BCUT2D eigenvalue weighted by Crippen LogP contribution is 2.36. The van der Waals surface area contributed by atoms with E-state index in [0.717, 1.165) is 23.2 Å². The lowest BCUT2D eigenvalue weighted by molar-refractivity contribution is 0.00578. The molecule has 6 nitrogen and oxygen atoms in total. The van der Waals surface area contributed by atoms with Crippen molar-refractivity contribution in [2.75, 3.05) is 6.54 Å². The Balaban J connectivity index is 1.60. The number of amides is 1. The number of rotatable bonds is 8. The summed E-state index contributed by atoms with van der Waals surface area (Å²) < 4.78 is 23.7. The maximum Gasteiger partial charge on any atom is 0.494 e. The van der Waals surface area contributed by atoms with Gasteiger partial charge in [-0.2, -0.15) is 0 Å². The van der Waals surface area contributed by atoms with E-state index >= 15 is 0 Å². The van der Waals surface area contributed by atoms with Crippen LogP contribution in [0.1, 0.15) is 84.9 Å². The third-order valence-electron chi connectivity index (χ3n) is 6.70. The third-order valence-corrected chi connectivity index (χ3v) is 6.70. The van der Waals surface area contributed by atoms with Crippen LogP contribution in [0, 0.1) is 0 Å². The van der Waals surface area contributed by atoms with E-state index < -0.39 is 11.7 Å². The van der Waals surface area contributed by atoms with Gasteiger partial charge < -0.3 is 24.1 Å².